The molecule has 0 bridgehead atoms. The van der Waals surface area contributed by atoms with Gasteiger partial charge in [-0.2, -0.15) is 0 Å². The molecule has 2 N–H and O–H groups in total. The third-order valence-corrected chi connectivity index (χ3v) is 2.23. The molecule has 1 aromatic rings. The minimum absolute atomic E-state index is 0.00637. The number of ether oxygens (including phenoxy) is 1. The van der Waals surface area contributed by atoms with Crippen LogP contribution in [0, 0.1) is 0 Å². The Kier molecular flexibility index (Phi) is 3.64. The summed E-state index contributed by atoms with van der Waals surface area (Å²) in [6, 6.07) is 4.41. The fourth-order valence-electron chi connectivity index (χ4n) is 1.14. The lowest BCUT2D eigenvalue weighted by atomic mass is 10.3. The molecule has 0 aliphatic carbocycles. The van der Waals surface area contributed by atoms with Crippen LogP contribution in [0.3, 0.4) is 0 Å². The van der Waals surface area contributed by atoms with Crippen molar-refractivity contribution >= 4 is 15.7 Å². The smallest absolute Gasteiger partial charge is 0.229 e. The first-order chi connectivity index (χ1) is 7.28. The molecule has 0 aromatic heterocycles. The summed E-state index contributed by atoms with van der Waals surface area (Å²) in [4.78, 5) is 0. The van der Waals surface area contributed by atoms with Crippen molar-refractivity contribution in [1.82, 2.24) is 0 Å². The molecule has 90 valence electrons. The predicted molar refractivity (Wildman–Crippen MR) is 62.3 cm³/mol. The van der Waals surface area contributed by atoms with Crippen LogP contribution in [0.4, 0.5) is 5.69 Å². The first-order valence-corrected chi connectivity index (χ1v) is 6.64. The van der Waals surface area contributed by atoms with E-state index in [0.717, 1.165) is 6.26 Å². The zero-order chi connectivity index (χ0) is 12.3. The van der Waals surface area contributed by atoms with Crippen LogP contribution in [0.15, 0.2) is 18.2 Å². The van der Waals surface area contributed by atoms with Gasteiger partial charge in [0.15, 0.2) is 0 Å². The summed E-state index contributed by atoms with van der Waals surface area (Å²) in [5, 5.41) is 9.56. The van der Waals surface area contributed by atoms with Gasteiger partial charge in [0, 0.05) is 6.07 Å². The largest absolute Gasteiger partial charge is 0.506 e. The second-order valence-corrected chi connectivity index (χ2v) is 5.47. The Balaban J connectivity index is 2.92. The predicted octanol–water partition coefficient (Wildman–Crippen LogP) is 1.55. The molecule has 0 atom stereocenters. The molecular formula is C10H15NO4S. The standard InChI is InChI=1S/C10H15NO4S/c1-7(2)15-8-4-5-9(10(12)6-8)11-16(3,13)14/h4-7,11-12H,1-3H3. The highest BCUT2D eigenvalue weighted by molar-refractivity contribution is 7.92. The molecule has 0 aliphatic heterocycles. The summed E-state index contributed by atoms with van der Waals surface area (Å²) in [7, 11) is -3.39. The Morgan fingerprint density at radius 3 is 2.44 bits per heavy atom. The van der Waals surface area contributed by atoms with E-state index in [1.54, 1.807) is 6.07 Å². The molecule has 1 aromatic carbocycles. The Hall–Kier alpha value is -1.43. The van der Waals surface area contributed by atoms with Crippen LogP contribution in [-0.4, -0.2) is 25.9 Å². The van der Waals surface area contributed by atoms with E-state index in [4.69, 9.17) is 4.74 Å². The maximum absolute atomic E-state index is 11.0. The maximum Gasteiger partial charge on any atom is 0.229 e. The number of phenols is 1. The third-order valence-electron chi connectivity index (χ3n) is 1.64. The van der Waals surface area contributed by atoms with Crippen LogP contribution >= 0.6 is 0 Å². The van der Waals surface area contributed by atoms with E-state index in [9.17, 15) is 13.5 Å². The van der Waals surface area contributed by atoms with Crippen LogP contribution in [0.5, 0.6) is 11.5 Å². The van der Waals surface area contributed by atoms with E-state index in [-0.39, 0.29) is 17.5 Å². The monoisotopic (exact) mass is 245 g/mol. The highest BCUT2D eigenvalue weighted by Crippen LogP contribution is 2.29. The summed E-state index contributed by atoms with van der Waals surface area (Å²) in [6.45, 7) is 3.72. The number of phenolic OH excluding ortho intramolecular Hbond substituents is 1. The second kappa shape index (κ2) is 4.61. The van der Waals surface area contributed by atoms with E-state index in [2.05, 4.69) is 4.72 Å². The molecule has 0 aliphatic rings. The molecule has 0 fully saturated rings. The molecule has 0 heterocycles. The summed E-state index contributed by atoms with van der Waals surface area (Å²) >= 11 is 0. The topological polar surface area (TPSA) is 75.6 Å². The number of hydrogen-bond donors (Lipinski definition) is 2. The van der Waals surface area contributed by atoms with Crippen LogP contribution < -0.4 is 9.46 Å². The molecule has 16 heavy (non-hydrogen) atoms. The summed E-state index contributed by atoms with van der Waals surface area (Å²) < 4.78 is 29.5. The molecule has 0 amide bonds. The highest BCUT2D eigenvalue weighted by Gasteiger charge is 2.08. The molecule has 0 saturated heterocycles. The summed E-state index contributed by atoms with van der Waals surface area (Å²) in [5.74, 6) is 0.329. The van der Waals surface area contributed by atoms with E-state index >= 15 is 0 Å². The molecule has 1 rings (SSSR count). The number of benzene rings is 1. The average Bonchev–Trinajstić information content (AvgIpc) is 2.06. The number of rotatable bonds is 4. The minimum atomic E-state index is -3.39. The Bertz CT molecular complexity index is 468. The van der Waals surface area contributed by atoms with Gasteiger partial charge in [0.2, 0.25) is 10.0 Å². The number of hydrogen-bond acceptors (Lipinski definition) is 4. The molecular weight excluding hydrogens is 230 g/mol. The number of anilines is 1. The van der Waals surface area contributed by atoms with Crippen molar-refractivity contribution in [2.75, 3.05) is 11.0 Å². The van der Waals surface area contributed by atoms with Crippen LogP contribution in [0.2, 0.25) is 0 Å². The third kappa shape index (κ3) is 3.98. The van der Waals surface area contributed by atoms with Crippen LogP contribution in [0.1, 0.15) is 13.8 Å². The van der Waals surface area contributed by atoms with Gasteiger partial charge >= 0.3 is 0 Å². The summed E-state index contributed by atoms with van der Waals surface area (Å²) in [6.07, 6.45) is 1.01. The van der Waals surface area contributed by atoms with Gasteiger partial charge in [-0.25, -0.2) is 8.42 Å². The van der Waals surface area contributed by atoms with Gasteiger partial charge in [-0.3, -0.25) is 4.72 Å². The zero-order valence-corrected chi connectivity index (χ0v) is 10.2. The lowest BCUT2D eigenvalue weighted by molar-refractivity contribution is 0.241. The first-order valence-electron chi connectivity index (χ1n) is 4.75. The fourth-order valence-corrected chi connectivity index (χ4v) is 1.72. The van der Waals surface area contributed by atoms with E-state index in [1.165, 1.54) is 12.1 Å². The van der Waals surface area contributed by atoms with Gasteiger partial charge in [-0.15, -0.1) is 0 Å². The van der Waals surface area contributed by atoms with Crippen molar-refractivity contribution in [3.8, 4) is 11.5 Å². The maximum atomic E-state index is 11.0. The second-order valence-electron chi connectivity index (χ2n) is 3.72. The molecule has 0 spiro atoms. The lowest BCUT2D eigenvalue weighted by Gasteiger charge is -2.12. The molecule has 0 saturated carbocycles. The first kappa shape index (κ1) is 12.6. The summed E-state index contributed by atoms with van der Waals surface area (Å²) in [5.41, 5.74) is 0.138. The van der Waals surface area contributed by atoms with Gasteiger partial charge < -0.3 is 9.84 Å². The zero-order valence-electron chi connectivity index (χ0n) is 9.39. The highest BCUT2D eigenvalue weighted by atomic mass is 32.2. The Morgan fingerprint density at radius 1 is 1.38 bits per heavy atom. The number of nitrogens with one attached hydrogen (secondary N) is 1. The molecule has 6 heteroatoms. The number of aromatic hydroxyl groups is 1. The van der Waals surface area contributed by atoms with Gasteiger partial charge in [-0.05, 0) is 26.0 Å². The van der Waals surface area contributed by atoms with Crippen molar-refractivity contribution in [3.05, 3.63) is 18.2 Å². The van der Waals surface area contributed by atoms with Gasteiger partial charge in [0.25, 0.3) is 0 Å². The normalized spacial score (nSPS) is 11.5. The molecule has 0 radical (unpaired) electrons. The van der Waals surface area contributed by atoms with E-state index in [1.807, 2.05) is 13.8 Å². The van der Waals surface area contributed by atoms with Crippen molar-refractivity contribution < 1.29 is 18.3 Å². The van der Waals surface area contributed by atoms with Crippen LogP contribution in [-0.2, 0) is 10.0 Å². The number of sulfonamides is 1. The van der Waals surface area contributed by atoms with Crippen molar-refractivity contribution in [2.45, 2.75) is 20.0 Å². The fraction of sp³-hybridized carbons (Fsp3) is 0.400. The minimum Gasteiger partial charge on any atom is -0.506 e. The van der Waals surface area contributed by atoms with E-state index < -0.39 is 10.0 Å². The van der Waals surface area contributed by atoms with Crippen molar-refractivity contribution in [3.63, 3.8) is 0 Å². The average molecular weight is 245 g/mol. The molecule has 0 unspecified atom stereocenters. The van der Waals surface area contributed by atoms with Crippen LogP contribution in [0.25, 0.3) is 0 Å². The Labute approximate surface area is 95.1 Å². The Morgan fingerprint density at radius 2 is 2.00 bits per heavy atom. The quantitative estimate of drug-likeness (QED) is 0.789. The van der Waals surface area contributed by atoms with Crippen molar-refractivity contribution in [2.24, 2.45) is 0 Å². The van der Waals surface area contributed by atoms with Crippen molar-refractivity contribution in [1.29, 1.82) is 0 Å². The van der Waals surface area contributed by atoms with Gasteiger partial charge in [-0.1, -0.05) is 0 Å². The van der Waals surface area contributed by atoms with Gasteiger partial charge in [0.1, 0.15) is 11.5 Å². The molecule has 5 nitrogen and oxygen atoms in total. The lowest BCUT2D eigenvalue weighted by Crippen LogP contribution is -2.10. The van der Waals surface area contributed by atoms with Gasteiger partial charge in [0.05, 0.1) is 18.0 Å². The SMILES string of the molecule is CC(C)Oc1ccc(NS(C)(=O)=O)c(O)c1. The van der Waals surface area contributed by atoms with E-state index in [0.29, 0.717) is 5.75 Å².